The van der Waals surface area contributed by atoms with Crippen LogP contribution in [0.25, 0.3) is 0 Å². The van der Waals surface area contributed by atoms with E-state index >= 15 is 0 Å². The molecular weight excluding hydrogens is 302 g/mol. The van der Waals surface area contributed by atoms with Gasteiger partial charge in [-0.3, -0.25) is 14.7 Å². The van der Waals surface area contributed by atoms with E-state index in [4.69, 9.17) is 0 Å². The van der Waals surface area contributed by atoms with Gasteiger partial charge in [0.2, 0.25) is 5.91 Å². The van der Waals surface area contributed by atoms with Gasteiger partial charge in [0.1, 0.15) is 5.82 Å². The molecule has 1 N–H and O–H groups in total. The van der Waals surface area contributed by atoms with E-state index in [1.807, 2.05) is 37.5 Å². The molecule has 0 aromatic carbocycles. The molecule has 1 aliphatic rings. The van der Waals surface area contributed by atoms with Crippen molar-refractivity contribution in [3.05, 3.63) is 48.3 Å². The molecular formula is C18H25N5O. The summed E-state index contributed by atoms with van der Waals surface area (Å²) in [6.45, 7) is 5.94. The molecule has 128 valence electrons. The van der Waals surface area contributed by atoms with Crippen LogP contribution in [0.15, 0.2) is 36.8 Å². The highest BCUT2D eigenvalue weighted by Gasteiger charge is 2.22. The maximum absolute atomic E-state index is 12.2. The van der Waals surface area contributed by atoms with Crippen molar-refractivity contribution in [3.63, 3.8) is 0 Å². The number of imidazole rings is 1. The van der Waals surface area contributed by atoms with Crippen LogP contribution in [0.5, 0.6) is 0 Å². The number of nitrogens with one attached hydrogen (secondary N) is 1. The van der Waals surface area contributed by atoms with Crippen LogP contribution in [0.3, 0.4) is 0 Å². The molecule has 1 amide bonds. The second kappa shape index (κ2) is 8.06. The smallest absolute Gasteiger partial charge is 0.234 e. The maximum atomic E-state index is 12.2. The predicted molar refractivity (Wildman–Crippen MR) is 92.2 cm³/mol. The third-order valence-corrected chi connectivity index (χ3v) is 4.54. The highest BCUT2D eigenvalue weighted by atomic mass is 16.2. The van der Waals surface area contributed by atoms with E-state index in [2.05, 4.69) is 24.8 Å². The van der Waals surface area contributed by atoms with Crippen molar-refractivity contribution >= 4 is 5.91 Å². The van der Waals surface area contributed by atoms with Gasteiger partial charge in [0, 0.05) is 31.7 Å². The maximum Gasteiger partial charge on any atom is 0.234 e. The van der Waals surface area contributed by atoms with Gasteiger partial charge in [-0.15, -0.1) is 0 Å². The van der Waals surface area contributed by atoms with Crippen molar-refractivity contribution in [3.8, 4) is 0 Å². The minimum absolute atomic E-state index is 0.0696. The molecule has 0 spiro atoms. The highest BCUT2D eigenvalue weighted by Crippen LogP contribution is 2.18. The van der Waals surface area contributed by atoms with E-state index in [9.17, 15) is 4.79 Å². The normalized spacial score (nSPS) is 18.5. The van der Waals surface area contributed by atoms with Crippen molar-refractivity contribution in [2.75, 3.05) is 19.6 Å². The molecule has 3 heterocycles. The van der Waals surface area contributed by atoms with Gasteiger partial charge in [0.25, 0.3) is 0 Å². The summed E-state index contributed by atoms with van der Waals surface area (Å²) in [4.78, 5) is 22.9. The fourth-order valence-corrected chi connectivity index (χ4v) is 3.27. The van der Waals surface area contributed by atoms with E-state index in [0.717, 1.165) is 37.6 Å². The van der Waals surface area contributed by atoms with E-state index in [0.29, 0.717) is 19.0 Å². The lowest BCUT2D eigenvalue weighted by molar-refractivity contribution is -0.122. The average Bonchev–Trinajstić information content (AvgIpc) is 2.99. The standard InChI is InChI=1S/C18H25N5O/c1-15-19-8-10-23(15)13-16-5-4-9-22(12-16)14-18(24)21-11-17-6-2-3-7-20-17/h2-3,6-8,10,16H,4-5,9,11-14H2,1H3,(H,21,24)/t16-/m0/s1. The molecule has 6 nitrogen and oxygen atoms in total. The summed E-state index contributed by atoms with van der Waals surface area (Å²) < 4.78 is 2.20. The minimum Gasteiger partial charge on any atom is -0.349 e. The van der Waals surface area contributed by atoms with Crippen LogP contribution in [0.1, 0.15) is 24.4 Å². The number of carbonyl (C=O) groups excluding carboxylic acids is 1. The number of rotatable bonds is 6. The molecule has 24 heavy (non-hydrogen) atoms. The number of aryl methyl sites for hydroxylation is 1. The number of piperidine rings is 1. The first-order chi connectivity index (χ1) is 11.7. The Balaban J connectivity index is 1.44. The zero-order chi connectivity index (χ0) is 16.8. The first-order valence-corrected chi connectivity index (χ1v) is 8.57. The Hall–Kier alpha value is -2.21. The molecule has 0 unspecified atom stereocenters. The van der Waals surface area contributed by atoms with Crippen LogP contribution < -0.4 is 5.32 Å². The van der Waals surface area contributed by atoms with Crippen molar-refractivity contribution < 1.29 is 4.79 Å². The van der Waals surface area contributed by atoms with E-state index in [-0.39, 0.29) is 5.91 Å². The molecule has 2 aromatic rings. The fraction of sp³-hybridized carbons (Fsp3) is 0.500. The Morgan fingerprint density at radius 2 is 2.25 bits per heavy atom. The van der Waals surface area contributed by atoms with E-state index in [1.54, 1.807) is 6.20 Å². The number of hydrogen-bond donors (Lipinski definition) is 1. The predicted octanol–water partition coefficient (Wildman–Crippen LogP) is 1.61. The fourth-order valence-electron chi connectivity index (χ4n) is 3.27. The van der Waals surface area contributed by atoms with Crippen molar-refractivity contribution in [2.45, 2.75) is 32.9 Å². The molecule has 3 rings (SSSR count). The minimum atomic E-state index is 0.0696. The van der Waals surface area contributed by atoms with Crippen LogP contribution >= 0.6 is 0 Å². The van der Waals surface area contributed by atoms with Gasteiger partial charge in [0.05, 0.1) is 18.8 Å². The summed E-state index contributed by atoms with van der Waals surface area (Å²) in [5.74, 6) is 1.70. The topological polar surface area (TPSA) is 63.1 Å². The van der Waals surface area contributed by atoms with Crippen LogP contribution in [-0.4, -0.2) is 45.0 Å². The molecule has 0 radical (unpaired) electrons. The number of hydrogen-bond acceptors (Lipinski definition) is 4. The first kappa shape index (κ1) is 16.6. The van der Waals surface area contributed by atoms with Gasteiger partial charge in [-0.25, -0.2) is 4.98 Å². The van der Waals surface area contributed by atoms with E-state index < -0.39 is 0 Å². The summed E-state index contributed by atoms with van der Waals surface area (Å²) >= 11 is 0. The number of nitrogens with zero attached hydrogens (tertiary/aromatic N) is 4. The molecule has 1 saturated heterocycles. The monoisotopic (exact) mass is 327 g/mol. The van der Waals surface area contributed by atoms with Crippen LogP contribution in [0.2, 0.25) is 0 Å². The Morgan fingerprint density at radius 1 is 1.33 bits per heavy atom. The lowest BCUT2D eigenvalue weighted by atomic mass is 9.98. The Morgan fingerprint density at radius 3 is 3.00 bits per heavy atom. The molecule has 6 heteroatoms. The van der Waals surface area contributed by atoms with Crippen molar-refractivity contribution in [1.29, 1.82) is 0 Å². The third-order valence-electron chi connectivity index (χ3n) is 4.54. The summed E-state index contributed by atoms with van der Waals surface area (Å²) in [5, 5.41) is 2.96. The van der Waals surface area contributed by atoms with Crippen LogP contribution in [0.4, 0.5) is 0 Å². The lowest BCUT2D eigenvalue weighted by Gasteiger charge is -2.32. The first-order valence-electron chi connectivity index (χ1n) is 8.57. The quantitative estimate of drug-likeness (QED) is 0.876. The van der Waals surface area contributed by atoms with Gasteiger partial charge in [-0.2, -0.15) is 0 Å². The van der Waals surface area contributed by atoms with Crippen molar-refractivity contribution in [1.82, 2.24) is 24.8 Å². The number of amides is 1. The second-order valence-electron chi connectivity index (χ2n) is 6.47. The number of likely N-dealkylation sites (tertiary alicyclic amines) is 1. The van der Waals surface area contributed by atoms with E-state index in [1.165, 1.54) is 6.42 Å². The number of carbonyl (C=O) groups is 1. The van der Waals surface area contributed by atoms with Gasteiger partial charge in [-0.05, 0) is 44.4 Å². The Labute approximate surface area is 142 Å². The van der Waals surface area contributed by atoms with Crippen LogP contribution in [0, 0.1) is 12.8 Å². The second-order valence-corrected chi connectivity index (χ2v) is 6.47. The van der Waals surface area contributed by atoms with Crippen molar-refractivity contribution in [2.24, 2.45) is 5.92 Å². The molecule has 1 atom stereocenters. The largest absolute Gasteiger partial charge is 0.349 e. The molecule has 0 aliphatic carbocycles. The number of pyridine rings is 1. The molecule has 1 fully saturated rings. The molecule has 0 saturated carbocycles. The molecule has 2 aromatic heterocycles. The summed E-state index contributed by atoms with van der Waals surface area (Å²) in [6.07, 6.45) is 7.99. The Bertz CT molecular complexity index is 654. The van der Waals surface area contributed by atoms with Gasteiger partial charge < -0.3 is 9.88 Å². The SMILES string of the molecule is Cc1nccn1C[C@H]1CCCN(CC(=O)NCc2ccccn2)C1. The molecule has 1 aliphatic heterocycles. The number of aromatic nitrogens is 3. The zero-order valence-electron chi connectivity index (χ0n) is 14.2. The Kier molecular flexibility index (Phi) is 5.59. The van der Waals surface area contributed by atoms with Crippen LogP contribution in [-0.2, 0) is 17.9 Å². The summed E-state index contributed by atoms with van der Waals surface area (Å²) in [5.41, 5.74) is 0.887. The third kappa shape index (κ3) is 4.64. The van der Waals surface area contributed by atoms with Gasteiger partial charge >= 0.3 is 0 Å². The average molecular weight is 327 g/mol. The zero-order valence-corrected chi connectivity index (χ0v) is 14.2. The van der Waals surface area contributed by atoms with Gasteiger partial charge in [-0.1, -0.05) is 6.07 Å². The summed E-state index contributed by atoms with van der Waals surface area (Å²) in [6, 6.07) is 5.73. The molecule has 0 bridgehead atoms. The van der Waals surface area contributed by atoms with Gasteiger partial charge in [0.15, 0.2) is 0 Å². The lowest BCUT2D eigenvalue weighted by Crippen LogP contribution is -2.43. The highest BCUT2D eigenvalue weighted by molar-refractivity contribution is 5.77. The summed E-state index contributed by atoms with van der Waals surface area (Å²) in [7, 11) is 0.